The summed E-state index contributed by atoms with van der Waals surface area (Å²) in [4.78, 5) is 21.6. The molecule has 1 saturated carbocycles. The lowest BCUT2D eigenvalue weighted by Crippen LogP contribution is -2.42. The smallest absolute Gasteiger partial charge is 0.303 e. The molecule has 0 bridgehead atoms. The van der Waals surface area contributed by atoms with Crippen LogP contribution in [0, 0.1) is 11.3 Å². The number of carbonyl (C=O) groups is 1. The molecule has 2 saturated heterocycles. The molecule has 8 nitrogen and oxygen atoms in total. The Kier molecular flexibility index (Phi) is 10.5. The van der Waals surface area contributed by atoms with E-state index in [-0.39, 0.29) is 11.8 Å². The molecule has 0 spiro atoms. The molecule has 2 N–H and O–H groups in total. The summed E-state index contributed by atoms with van der Waals surface area (Å²) >= 11 is 0. The minimum absolute atomic E-state index is 0.168. The molecule has 8 heteroatoms. The number of pyridine rings is 1. The molecule has 1 aromatic carbocycles. The standard InChI is InChI=1S/C33H49N3O5/c1-40-27-7-8-29-28(21-27)32(26(23-34-29)24-36-17-19-41-20-18-36)30(37)9-11-33(22-31(38)39)12-15-35(16-13-33)14-10-25-5-3-2-4-6-25/h7-8,21,23,25,30,37H,2-6,9-20,22,24H2,1H3,(H,38,39)/t30-/m1/s1. The van der Waals surface area contributed by atoms with E-state index in [9.17, 15) is 15.0 Å². The van der Waals surface area contributed by atoms with Crippen LogP contribution in [0.1, 0.15) is 87.9 Å². The first-order chi connectivity index (χ1) is 19.9. The second-order valence-electron chi connectivity index (χ2n) is 12.7. The van der Waals surface area contributed by atoms with E-state index in [1.54, 1.807) is 7.11 Å². The number of carboxylic acids is 1. The minimum atomic E-state index is -0.734. The molecule has 0 amide bonds. The first-order valence-electron chi connectivity index (χ1n) is 15.8. The lowest BCUT2D eigenvalue weighted by Gasteiger charge is -2.42. The van der Waals surface area contributed by atoms with Crippen molar-refractivity contribution in [2.24, 2.45) is 11.3 Å². The molecular weight excluding hydrogens is 518 g/mol. The summed E-state index contributed by atoms with van der Waals surface area (Å²) < 4.78 is 11.1. The van der Waals surface area contributed by atoms with Crippen molar-refractivity contribution in [1.29, 1.82) is 0 Å². The molecule has 3 fully saturated rings. The second-order valence-corrected chi connectivity index (χ2v) is 12.7. The van der Waals surface area contributed by atoms with Crippen LogP contribution in [0.4, 0.5) is 0 Å². The normalized spacial score (nSPS) is 21.6. The molecule has 1 aliphatic carbocycles. The number of ether oxygens (including phenoxy) is 2. The fourth-order valence-electron chi connectivity index (χ4n) is 7.40. The maximum Gasteiger partial charge on any atom is 0.303 e. The molecule has 2 aromatic rings. The number of morpholine rings is 1. The van der Waals surface area contributed by atoms with Gasteiger partial charge < -0.3 is 24.6 Å². The Morgan fingerprint density at radius 3 is 2.59 bits per heavy atom. The van der Waals surface area contributed by atoms with Gasteiger partial charge in [-0.3, -0.25) is 14.7 Å². The zero-order valence-electron chi connectivity index (χ0n) is 24.9. The van der Waals surface area contributed by atoms with Gasteiger partial charge in [0.2, 0.25) is 0 Å². The van der Waals surface area contributed by atoms with Crippen molar-refractivity contribution in [3.05, 3.63) is 35.5 Å². The highest BCUT2D eigenvalue weighted by Crippen LogP contribution is 2.43. The Labute approximate surface area is 245 Å². The first-order valence-corrected chi connectivity index (χ1v) is 15.8. The van der Waals surface area contributed by atoms with Crippen molar-refractivity contribution >= 4 is 16.9 Å². The Morgan fingerprint density at radius 1 is 1.12 bits per heavy atom. The van der Waals surface area contributed by atoms with Gasteiger partial charge in [0.1, 0.15) is 5.75 Å². The summed E-state index contributed by atoms with van der Waals surface area (Å²) in [6.07, 6.45) is 12.5. The SMILES string of the molecule is COc1ccc2ncc(CN3CCOCC3)c([C@H](O)CCC3(CC(=O)O)CCN(CCC4CCCCC4)CC3)c2c1. The molecule has 0 unspecified atom stereocenters. The molecule has 1 atom stereocenters. The molecule has 3 aliphatic rings. The number of benzene rings is 1. The number of carboxylic acid groups (broad SMARTS) is 1. The number of fused-ring (bicyclic) bond motifs is 1. The van der Waals surface area contributed by atoms with Gasteiger partial charge in [0.15, 0.2) is 0 Å². The van der Waals surface area contributed by atoms with E-state index in [4.69, 9.17) is 14.5 Å². The number of aromatic nitrogens is 1. The summed E-state index contributed by atoms with van der Waals surface area (Å²) in [6, 6.07) is 5.82. The van der Waals surface area contributed by atoms with Gasteiger partial charge in [-0.25, -0.2) is 0 Å². The number of aliphatic hydroxyl groups is 1. The fraction of sp³-hybridized carbons (Fsp3) is 0.697. The predicted molar refractivity (Wildman–Crippen MR) is 160 cm³/mol. The van der Waals surface area contributed by atoms with E-state index in [1.165, 1.54) is 38.5 Å². The van der Waals surface area contributed by atoms with E-state index in [1.807, 2.05) is 24.4 Å². The maximum atomic E-state index is 12.0. The highest BCUT2D eigenvalue weighted by Gasteiger charge is 2.37. The number of aliphatic hydroxyl groups excluding tert-OH is 1. The van der Waals surface area contributed by atoms with Gasteiger partial charge in [0.25, 0.3) is 0 Å². The molecule has 41 heavy (non-hydrogen) atoms. The largest absolute Gasteiger partial charge is 0.497 e. The zero-order valence-corrected chi connectivity index (χ0v) is 24.9. The summed E-state index contributed by atoms with van der Waals surface area (Å²) in [7, 11) is 1.65. The molecule has 5 rings (SSSR count). The summed E-state index contributed by atoms with van der Waals surface area (Å²) in [5.41, 5.74) is 2.47. The van der Waals surface area contributed by atoms with Crippen LogP contribution in [-0.2, 0) is 16.1 Å². The third-order valence-electron chi connectivity index (χ3n) is 10.00. The van der Waals surface area contributed by atoms with Crippen molar-refractivity contribution in [2.75, 3.05) is 53.0 Å². The number of nitrogens with zero attached hydrogens (tertiary/aromatic N) is 3. The first kappa shape index (κ1) is 30.2. The molecule has 1 aromatic heterocycles. The van der Waals surface area contributed by atoms with E-state index >= 15 is 0 Å². The van der Waals surface area contributed by atoms with Crippen LogP contribution < -0.4 is 4.74 Å². The van der Waals surface area contributed by atoms with E-state index in [0.29, 0.717) is 32.6 Å². The van der Waals surface area contributed by atoms with Crippen molar-refractivity contribution in [1.82, 2.24) is 14.8 Å². The van der Waals surface area contributed by atoms with Crippen LogP contribution in [0.3, 0.4) is 0 Å². The summed E-state index contributed by atoms with van der Waals surface area (Å²) in [6.45, 7) is 6.86. The van der Waals surface area contributed by atoms with E-state index < -0.39 is 12.1 Å². The summed E-state index contributed by atoms with van der Waals surface area (Å²) in [5.74, 6) is 0.867. The number of methoxy groups -OCH3 is 1. The van der Waals surface area contributed by atoms with E-state index in [2.05, 4.69) is 9.80 Å². The van der Waals surface area contributed by atoms with Crippen LogP contribution in [0.2, 0.25) is 0 Å². The highest BCUT2D eigenvalue weighted by molar-refractivity contribution is 5.85. The number of likely N-dealkylation sites (tertiary alicyclic amines) is 1. The van der Waals surface area contributed by atoms with Gasteiger partial charge in [-0.2, -0.15) is 0 Å². The predicted octanol–water partition coefficient (Wildman–Crippen LogP) is 5.42. The third-order valence-corrected chi connectivity index (χ3v) is 10.00. The lowest BCUT2D eigenvalue weighted by atomic mass is 9.71. The average Bonchev–Trinajstić information content (AvgIpc) is 3.00. The van der Waals surface area contributed by atoms with Crippen molar-refractivity contribution in [3.8, 4) is 5.75 Å². The Hall–Kier alpha value is -2.26. The van der Waals surface area contributed by atoms with Crippen LogP contribution >= 0.6 is 0 Å². The maximum absolute atomic E-state index is 12.0. The third kappa shape index (κ3) is 7.98. The molecular formula is C33H49N3O5. The van der Waals surface area contributed by atoms with Crippen molar-refractivity contribution < 1.29 is 24.5 Å². The van der Waals surface area contributed by atoms with Crippen LogP contribution in [-0.4, -0.2) is 84.0 Å². The van der Waals surface area contributed by atoms with Gasteiger partial charge in [-0.1, -0.05) is 32.1 Å². The number of rotatable bonds is 12. The van der Waals surface area contributed by atoms with Gasteiger partial charge in [0, 0.05) is 31.2 Å². The van der Waals surface area contributed by atoms with Crippen molar-refractivity contribution in [2.45, 2.75) is 83.3 Å². The highest BCUT2D eigenvalue weighted by atomic mass is 16.5. The van der Waals surface area contributed by atoms with E-state index in [0.717, 1.165) is 79.3 Å². The molecule has 0 radical (unpaired) electrons. The summed E-state index contributed by atoms with van der Waals surface area (Å²) in [5, 5.41) is 22.6. The van der Waals surface area contributed by atoms with Crippen molar-refractivity contribution in [3.63, 3.8) is 0 Å². The Bertz CT molecular complexity index is 1140. The van der Waals surface area contributed by atoms with Gasteiger partial charge >= 0.3 is 5.97 Å². The quantitative estimate of drug-likeness (QED) is 0.351. The van der Waals surface area contributed by atoms with Crippen LogP contribution in [0.5, 0.6) is 5.75 Å². The number of aliphatic carboxylic acids is 1. The van der Waals surface area contributed by atoms with Gasteiger partial charge in [0.05, 0.1) is 38.4 Å². The number of hydrogen-bond donors (Lipinski definition) is 2. The monoisotopic (exact) mass is 567 g/mol. The average molecular weight is 568 g/mol. The molecule has 3 heterocycles. The minimum Gasteiger partial charge on any atom is -0.497 e. The zero-order chi connectivity index (χ0) is 28.7. The lowest BCUT2D eigenvalue weighted by molar-refractivity contribution is -0.141. The van der Waals surface area contributed by atoms with Gasteiger partial charge in [-0.05, 0) is 92.4 Å². The second kappa shape index (κ2) is 14.3. The Morgan fingerprint density at radius 2 is 1.88 bits per heavy atom. The topological polar surface area (TPSA) is 95.4 Å². The van der Waals surface area contributed by atoms with Gasteiger partial charge in [-0.15, -0.1) is 0 Å². The Balaban J connectivity index is 1.29. The fourth-order valence-corrected chi connectivity index (χ4v) is 7.40. The number of piperidine rings is 1. The van der Waals surface area contributed by atoms with Crippen LogP contribution in [0.25, 0.3) is 10.9 Å². The van der Waals surface area contributed by atoms with Crippen LogP contribution in [0.15, 0.2) is 24.4 Å². The number of hydrogen-bond acceptors (Lipinski definition) is 7. The molecule has 226 valence electrons. The molecule has 2 aliphatic heterocycles.